The molecule has 1 aromatic rings. The Labute approximate surface area is 115 Å². The highest BCUT2D eigenvalue weighted by Gasteiger charge is 2.40. The Morgan fingerprint density at radius 3 is 2.45 bits per heavy atom. The number of benzene rings is 1. The summed E-state index contributed by atoms with van der Waals surface area (Å²) in [5.41, 5.74) is 0.783. The first-order chi connectivity index (χ1) is 9.42. The van der Waals surface area contributed by atoms with Gasteiger partial charge in [-0.1, -0.05) is 37.3 Å². The number of amides is 1. The quantitative estimate of drug-likeness (QED) is 0.923. The number of nitrogens with one attached hydrogen (secondary N) is 1. The maximum Gasteiger partial charge on any atom is 0.390 e. The Hall–Kier alpha value is -1.56. The van der Waals surface area contributed by atoms with Gasteiger partial charge in [0.25, 0.3) is 0 Å². The van der Waals surface area contributed by atoms with Gasteiger partial charge < -0.3 is 4.90 Å². The van der Waals surface area contributed by atoms with Crippen molar-refractivity contribution in [3.8, 4) is 0 Å². The summed E-state index contributed by atoms with van der Waals surface area (Å²) in [6.45, 7) is 1.55. The summed E-state index contributed by atoms with van der Waals surface area (Å²) < 4.78 is 37.0. The molecule has 1 heterocycles. The van der Waals surface area contributed by atoms with Crippen LogP contribution in [0.4, 0.5) is 13.2 Å². The van der Waals surface area contributed by atoms with E-state index in [0.29, 0.717) is 6.42 Å². The maximum absolute atomic E-state index is 12.3. The van der Waals surface area contributed by atoms with E-state index in [1.807, 2.05) is 25.1 Å². The molecule has 1 N–H and O–H groups in total. The zero-order valence-corrected chi connectivity index (χ0v) is 11.2. The van der Waals surface area contributed by atoms with Crippen LogP contribution in [0.25, 0.3) is 0 Å². The zero-order chi connectivity index (χ0) is 14.8. The highest BCUT2D eigenvalue weighted by atomic mass is 19.4. The predicted molar refractivity (Wildman–Crippen MR) is 68.8 cm³/mol. The lowest BCUT2D eigenvalue weighted by molar-refractivity contribution is -0.145. The monoisotopic (exact) mass is 286 g/mol. The molecule has 1 amide bonds. The van der Waals surface area contributed by atoms with Crippen LogP contribution in [0.1, 0.15) is 31.4 Å². The van der Waals surface area contributed by atoms with Crippen molar-refractivity contribution < 1.29 is 18.0 Å². The van der Waals surface area contributed by atoms with Crippen LogP contribution in [-0.2, 0) is 4.79 Å². The summed E-state index contributed by atoms with van der Waals surface area (Å²) in [5, 5.41) is 3.10. The number of carbonyl (C=O) groups is 1. The second kappa shape index (κ2) is 5.83. The van der Waals surface area contributed by atoms with Gasteiger partial charge in [-0.3, -0.25) is 10.1 Å². The molecule has 110 valence electrons. The van der Waals surface area contributed by atoms with Crippen LogP contribution in [0.5, 0.6) is 0 Å². The van der Waals surface area contributed by atoms with Gasteiger partial charge in [0.1, 0.15) is 6.04 Å². The number of hydrogen-bond donors (Lipinski definition) is 1. The van der Waals surface area contributed by atoms with Crippen LogP contribution >= 0.6 is 0 Å². The third kappa shape index (κ3) is 3.30. The fourth-order valence-electron chi connectivity index (χ4n) is 2.41. The molecule has 20 heavy (non-hydrogen) atoms. The van der Waals surface area contributed by atoms with Crippen LogP contribution in [-0.4, -0.2) is 29.7 Å². The van der Waals surface area contributed by atoms with Gasteiger partial charge in [-0.2, -0.15) is 13.2 Å². The molecule has 1 aromatic carbocycles. The van der Waals surface area contributed by atoms with E-state index in [1.54, 1.807) is 12.1 Å². The number of nitrogens with zero attached hydrogens (tertiary/aromatic N) is 1. The number of carbonyl (C=O) groups excluding carboxylic acids is 1. The highest BCUT2D eigenvalue weighted by molar-refractivity contribution is 5.85. The smallest absolute Gasteiger partial charge is 0.325 e. The van der Waals surface area contributed by atoms with Gasteiger partial charge in [0.05, 0.1) is 12.6 Å². The van der Waals surface area contributed by atoms with Crippen molar-refractivity contribution in [1.82, 2.24) is 10.2 Å². The lowest BCUT2D eigenvalue weighted by atomic mass is 10.1. The standard InChI is InChI=1S/C14H17F3N2O/c1-2-11-18-12(10-6-4-3-5-7-10)13(20)19(11)9-8-14(15,16)17/h3-7,11-12,18H,2,8-9H2,1H3. The lowest BCUT2D eigenvalue weighted by Gasteiger charge is -2.23. The Bertz CT molecular complexity index is 461. The topological polar surface area (TPSA) is 32.3 Å². The normalized spacial score (nSPS) is 23.4. The maximum atomic E-state index is 12.3. The average molecular weight is 286 g/mol. The van der Waals surface area contributed by atoms with Crippen molar-refractivity contribution in [2.45, 2.75) is 38.1 Å². The summed E-state index contributed by atoms with van der Waals surface area (Å²) in [4.78, 5) is 13.6. The molecule has 2 atom stereocenters. The van der Waals surface area contributed by atoms with Crippen molar-refractivity contribution in [2.75, 3.05) is 6.54 Å². The molecule has 1 fully saturated rings. The van der Waals surface area contributed by atoms with E-state index in [4.69, 9.17) is 0 Å². The molecule has 1 aliphatic heterocycles. The van der Waals surface area contributed by atoms with Gasteiger partial charge in [-0.15, -0.1) is 0 Å². The molecule has 0 radical (unpaired) electrons. The molecule has 0 aromatic heterocycles. The summed E-state index contributed by atoms with van der Waals surface area (Å²) >= 11 is 0. The Kier molecular flexibility index (Phi) is 4.32. The van der Waals surface area contributed by atoms with Crippen molar-refractivity contribution in [2.24, 2.45) is 0 Å². The van der Waals surface area contributed by atoms with Crippen LogP contribution in [0, 0.1) is 0 Å². The summed E-state index contributed by atoms with van der Waals surface area (Å²) in [6.07, 6.45) is -4.98. The minimum Gasteiger partial charge on any atom is -0.325 e. The van der Waals surface area contributed by atoms with Gasteiger partial charge >= 0.3 is 6.18 Å². The lowest BCUT2D eigenvalue weighted by Crippen LogP contribution is -2.38. The molecular weight excluding hydrogens is 269 g/mol. The van der Waals surface area contributed by atoms with E-state index in [2.05, 4.69) is 5.32 Å². The molecule has 0 saturated carbocycles. The largest absolute Gasteiger partial charge is 0.390 e. The number of halogens is 3. The van der Waals surface area contributed by atoms with Crippen molar-refractivity contribution in [1.29, 1.82) is 0 Å². The third-order valence-electron chi connectivity index (χ3n) is 3.42. The fourth-order valence-corrected chi connectivity index (χ4v) is 2.41. The van der Waals surface area contributed by atoms with E-state index >= 15 is 0 Å². The molecule has 0 aliphatic carbocycles. The summed E-state index contributed by atoms with van der Waals surface area (Å²) in [6, 6.07) is 8.51. The van der Waals surface area contributed by atoms with Gasteiger partial charge in [-0.25, -0.2) is 0 Å². The second-order valence-electron chi connectivity index (χ2n) is 4.83. The molecule has 3 nitrogen and oxygen atoms in total. The molecule has 0 bridgehead atoms. The summed E-state index contributed by atoms with van der Waals surface area (Å²) in [5.74, 6) is -0.285. The Morgan fingerprint density at radius 2 is 1.90 bits per heavy atom. The Balaban J connectivity index is 2.11. The Morgan fingerprint density at radius 1 is 1.25 bits per heavy atom. The van der Waals surface area contributed by atoms with Crippen LogP contribution < -0.4 is 5.32 Å². The second-order valence-corrected chi connectivity index (χ2v) is 4.83. The average Bonchev–Trinajstić information content (AvgIpc) is 2.73. The molecule has 0 spiro atoms. The molecule has 1 saturated heterocycles. The van der Waals surface area contributed by atoms with E-state index in [9.17, 15) is 18.0 Å². The minimum absolute atomic E-state index is 0.285. The van der Waals surface area contributed by atoms with Gasteiger partial charge in [0.15, 0.2) is 0 Å². The highest BCUT2D eigenvalue weighted by Crippen LogP contribution is 2.28. The van der Waals surface area contributed by atoms with E-state index in [0.717, 1.165) is 5.56 Å². The number of alkyl halides is 3. The van der Waals surface area contributed by atoms with Crippen LogP contribution in [0.2, 0.25) is 0 Å². The summed E-state index contributed by atoms with van der Waals surface area (Å²) in [7, 11) is 0. The van der Waals surface area contributed by atoms with Crippen molar-refractivity contribution >= 4 is 5.91 Å². The molecular formula is C14H17F3N2O. The van der Waals surface area contributed by atoms with E-state index < -0.39 is 18.6 Å². The van der Waals surface area contributed by atoms with Gasteiger partial charge in [0.2, 0.25) is 5.91 Å². The first kappa shape index (κ1) is 14.8. The molecule has 1 aliphatic rings. The number of hydrogen-bond acceptors (Lipinski definition) is 2. The minimum atomic E-state index is -4.25. The van der Waals surface area contributed by atoms with Crippen molar-refractivity contribution in [3.63, 3.8) is 0 Å². The fraction of sp³-hybridized carbons (Fsp3) is 0.500. The van der Waals surface area contributed by atoms with Crippen molar-refractivity contribution in [3.05, 3.63) is 35.9 Å². The van der Waals surface area contributed by atoms with Crippen LogP contribution in [0.3, 0.4) is 0 Å². The third-order valence-corrected chi connectivity index (χ3v) is 3.42. The predicted octanol–water partition coefficient (Wildman–Crippen LogP) is 2.85. The number of rotatable bonds is 4. The van der Waals surface area contributed by atoms with Gasteiger partial charge in [0, 0.05) is 6.54 Å². The van der Waals surface area contributed by atoms with E-state index in [1.165, 1.54) is 4.90 Å². The molecule has 2 unspecified atom stereocenters. The van der Waals surface area contributed by atoms with Crippen LogP contribution in [0.15, 0.2) is 30.3 Å². The van der Waals surface area contributed by atoms with Gasteiger partial charge in [-0.05, 0) is 12.0 Å². The zero-order valence-electron chi connectivity index (χ0n) is 11.2. The SMILES string of the molecule is CCC1NC(c2ccccc2)C(=O)N1CCC(F)(F)F. The first-order valence-corrected chi connectivity index (χ1v) is 6.60. The first-order valence-electron chi connectivity index (χ1n) is 6.60. The van der Waals surface area contributed by atoms with E-state index in [-0.39, 0.29) is 18.6 Å². The molecule has 2 rings (SSSR count). The molecule has 6 heteroatoms.